The van der Waals surface area contributed by atoms with Gasteiger partial charge in [-0.3, -0.25) is 14.9 Å². The van der Waals surface area contributed by atoms with Crippen molar-refractivity contribution >= 4 is 28.2 Å². The van der Waals surface area contributed by atoms with Gasteiger partial charge in [-0.1, -0.05) is 11.3 Å². The van der Waals surface area contributed by atoms with Gasteiger partial charge < -0.3 is 4.57 Å². The second-order valence-corrected chi connectivity index (χ2v) is 6.21. The Morgan fingerprint density at radius 2 is 2.35 bits per heavy atom. The molecule has 2 aromatic rings. The van der Waals surface area contributed by atoms with Gasteiger partial charge in [0.05, 0.1) is 16.1 Å². The Morgan fingerprint density at radius 3 is 3.00 bits per heavy atom. The fraction of sp³-hybridized carbons (Fsp3) is 0.250. The molecule has 23 heavy (non-hydrogen) atoms. The minimum atomic E-state index is -0.458. The van der Waals surface area contributed by atoms with Crippen molar-refractivity contribution in [2.45, 2.75) is 26.3 Å². The predicted molar refractivity (Wildman–Crippen MR) is 86.5 cm³/mol. The number of thiophene rings is 1. The van der Waals surface area contributed by atoms with Crippen LogP contribution in [0.25, 0.3) is 6.08 Å². The summed E-state index contributed by atoms with van der Waals surface area (Å²) in [6.07, 6.45) is 4.74. The number of allylic oxidation sites excluding steroid dienone is 1. The molecule has 0 fully saturated rings. The van der Waals surface area contributed by atoms with E-state index < -0.39 is 4.92 Å². The van der Waals surface area contributed by atoms with Crippen molar-refractivity contribution in [3.63, 3.8) is 0 Å². The van der Waals surface area contributed by atoms with Gasteiger partial charge in [0.25, 0.3) is 0 Å². The lowest BCUT2D eigenvalue weighted by molar-refractivity contribution is -0.380. The zero-order valence-corrected chi connectivity index (χ0v) is 13.2. The predicted octanol–water partition coefficient (Wildman–Crippen LogP) is 3.48. The Morgan fingerprint density at radius 1 is 1.57 bits per heavy atom. The zero-order chi connectivity index (χ0) is 16.6. The van der Waals surface area contributed by atoms with E-state index in [4.69, 9.17) is 0 Å². The largest absolute Gasteiger partial charge is 0.347 e. The van der Waals surface area contributed by atoms with Gasteiger partial charge in [-0.25, -0.2) is 0 Å². The van der Waals surface area contributed by atoms with Gasteiger partial charge in [-0.2, -0.15) is 5.26 Å². The summed E-state index contributed by atoms with van der Waals surface area (Å²) in [6.45, 7) is 2.69. The SMILES string of the molecule is Cc1c(C(=O)C=Cc2csc([N+](=O)[O-])c2)c(C#N)c2n1CCC2. The molecule has 116 valence electrons. The third-order valence-electron chi connectivity index (χ3n) is 4.00. The van der Waals surface area contributed by atoms with Crippen molar-refractivity contribution in [3.05, 3.63) is 55.7 Å². The number of rotatable bonds is 4. The summed E-state index contributed by atoms with van der Waals surface area (Å²) in [5.74, 6) is -0.241. The molecule has 0 spiro atoms. The Labute approximate surface area is 136 Å². The third kappa shape index (κ3) is 2.58. The van der Waals surface area contributed by atoms with E-state index in [2.05, 4.69) is 6.07 Å². The molecule has 1 aliphatic heterocycles. The second-order valence-electron chi connectivity index (χ2n) is 5.32. The highest BCUT2D eigenvalue weighted by molar-refractivity contribution is 7.13. The lowest BCUT2D eigenvalue weighted by Gasteiger charge is -2.01. The minimum absolute atomic E-state index is 0.0360. The van der Waals surface area contributed by atoms with E-state index in [1.165, 1.54) is 12.1 Å². The van der Waals surface area contributed by atoms with Crippen molar-refractivity contribution in [1.29, 1.82) is 5.26 Å². The minimum Gasteiger partial charge on any atom is -0.347 e. The fourth-order valence-electron chi connectivity index (χ4n) is 2.96. The summed E-state index contributed by atoms with van der Waals surface area (Å²) in [4.78, 5) is 22.7. The first kappa shape index (κ1) is 15.2. The summed E-state index contributed by atoms with van der Waals surface area (Å²) in [5, 5.41) is 21.7. The van der Waals surface area contributed by atoms with E-state index >= 15 is 0 Å². The van der Waals surface area contributed by atoms with Crippen LogP contribution in [0.2, 0.25) is 0 Å². The van der Waals surface area contributed by atoms with Crippen LogP contribution in [0.15, 0.2) is 17.5 Å². The van der Waals surface area contributed by atoms with Gasteiger partial charge in [0, 0.05) is 29.4 Å². The molecular weight excluding hydrogens is 314 g/mol. The smallest absolute Gasteiger partial charge is 0.324 e. The van der Waals surface area contributed by atoms with E-state index in [1.54, 1.807) is 11.5 Å². The van der Waals surface area contributed by atoms with Gasteiger partial charge >= 0.3 is 5.00 Å². The molecule has 0 bridgehead atoms. The van der Waals surface area contributed by atoms with E-state index in [1.807, 2.05) is 11.5 Å². The Bertz CT molecular complexity index is 883. The maximum atomic E-state index is 12.5. The first-order valence-corrected chi connectivity index (χ1v) is 7.98. The second kappa shape index (κ2) is 5.82. The summed E-state index contributed by atoms with van der Waals surface area (Å²) in [6, 6.07) is 3.57. The summed E-state index contributed by atoms with van der Waals surface area (Å²) in [5.41, 5.74) is 3.28. The number of carbonyl (C=O) groups is 1. The standard InChI is InChI=1S/C16H13N3O3S/c1-10-16(12(8-17)13-3-2-6-18(10)13)14(20)5-4-11-7-15(19(21)22)23-9-11/h4-5,7,9H,2-3,6H2,1H3. The quantitative estimate of drug-likeness (QED) is 0.372. The number of aromatic nitrogens is 1. The van der Waals surface area contributed by atoms with E-state index in [9.17, 15) is 20.2 Å². The molecule has 6 nitrogen and oxygen atoms in total. The van der Waals surface area contributed by atoms with Crippen LogP contribution in [0.1, 0.15) is 39.3 Å². The molecule has 3 heterocycles. The van der Waals surface area contributed by atoms with Crippen molar-refractivity contribution in [2.24, 2.45) is 0 Å². The number of carbonyl (C=O) groups excluding carboxylic acids is 1. The molecule has 1 aliphatic rings. The molecule has 3 rings (SSSR count). The van der Waals surface area contributed by atoms with Crippen LogP contribution >= 0.6 is 11.3 Å². The maximum absolute atomic E-state index is 12.5. The highest BCUT2D eigenvalue weighted by Gasteiger charge is 2.26. The monoisotopic (exact) mass is 327 g/mol. The Balaban J connectivity index is 1.91. The van der Waals surface area contributed by atoms with Gasteiger partial charge in [-0.05, 0) is 37.5 Å². The van der Waals surface area contributed by atoms with Crippen molar-refractivity contribution < 1.29 is 9.72 Å². The molecule has 0 atom stereocenters. The van der Waals surface area contributed by atoms with E-state index in [0.717, 1.165) is 42.1 Å². The number of nitro groups is 1. The fourth-order valence-corrected chi connectivity index (χ4v) is 3.66. The number of nitrogens with zero attached hydrogens (tertiary/aromatic N) is 3. The lowest BCUT2D eigenvalue weighted by atomic mass is 10.0. The highest BCUT2D eigenvalue weighted by atomic mass is 32.1. The average Bonchev–Trinajstić information content (AvgIpc) is 3.21. The highest BCUT2D eigenvalue weighted by Crippen LogP contribution is 2.29. The normalized spacial score (nSPS) is 13.2. The van der Waals surface area contributed by atoms with Crippen LogP contribution in [0.3, 0.4) is 0 Å². The number of hydrogen-bond acceptors (Lipinski definition) is 5. The van der Waals surface area contributed by atoms with Gasteiger partial charge in [0.2, 0.25) is 0 Å². The molecule has 0 saturated heterocycles. The van der Waals surface area contributed by atoms with Crippen LogP contribution in [-0.4, -0.2) is 15.3 Å². The van der Waals surface area contributed by atoms with Crippen LogP contribution in [0, 0.1) is 28.4 Å². The molecule has 0 aromatic carbocycles. The average molecular weight is 327 g/mol. The Kier molecular flexibility index (Phi) is 3.84. The maximum Gasteiger partial charge on any atom is 0.324 e. The van der Waals surface area contributed by atoms with E-state index in [0.29, 0.717) is 16.7 Å². The molecule has 0 N–H and O–H groups in total. The van der Waals surface area contributed by atoms with Gasteiger partial charge in [0.15, 0.2) is 5.78 Å². The number of fused-ring (bicyclic) bond motifs is 1. The van der Waals surface area contributed by atoms with Crippen molar-refractivity contribution in [3.8, 4) is 6.07 Å². The summed E-state index contributed by atoms with van der Waals surface area (Å²) < 4.78 is 2.04. The first-order chi connectivity index (χ1) is 11.0. The Hall–Kier alpha value is -2.72. The molecule has 0 aliphatic carbocycles. The molecule has 0 radical (unpaired) electrons. The number of ketones is 1. The van der Waals surface area contributed by atoms with Crippen LogP contribution in [0.4, 0.5) is 5.00 Å². The first-order valence-electron chi connectivity index (χ1n) is 7.10. The van der Waals surface area contributed by atoms with E-state index in [-0.39, 0.29) is 10.8 Å². The third-order valence-corrected chi connectivity index (χ3v) is 4.90. The number of hydrogen-bond donors (Lipinski definition) is 0. The van der Waals surface area contributed by atoms with Crippen molar-refractivity contribution in [1.82, 2.24) is 4.57 Å². The molecule has 7 heteroatoms. The molecule has 0 saturated carbocycles. The van der Waals surface area contributed by atoms with Crippen LogP contribution in [0.5, 0.6) is 0 Å². The molecule has 0 unspecified atom stereocenters. The molecular formula is C16H13N3O3S. The number of nitriles is 1. The molecule has 0 amide bonds. The topological polar surface area (TPSA) is 88.9 Å². The zero-order valence-electron chi connectivity index (χ0n) is 12.4. The summed E-state index contributed by atoms with van der Waals surface area (Å²) in [7, 11) is 0. The van der Waals surface area contributed by atoms with Crippen LogP contribution in [-0.2, 0) is 13.0 Å². The van der Waals surface area contributed by atoms with Gasteiger partial charge in [-0.15, -0.1) is 0 Å². The molecule has 2 aromatic heterocycles. The van der Waals surface area contributed by atoms with Crippen molar-refractivity contribution in [2.75, 3.05) is 0 Å². The lowest BCUT2D eigenvalue weighted by Crippen LogP contribution is -2.01. The van der Waals surface area contributed by atoms with Crippen LogP contribution < -0.4 is 0 Å². The van der Waals surface area contributed by atoms with Gasteiger partial charge in [0.1, 0.15) is 6.07 Å². The summed E-state index contributed by atoms with van der Waals surface area (Å²) >= 11 is 1.02.